The highest BCUT2D eigenvalue weighted by atomic mass is 35.5. The summed E-state index contributed by atoms with van der Waals surface area (Å²) < 4.78 is 0. The number of benzene rings is 2. The first-order chi connectivity index (χ1) is 13.4. The number of aromatic nitrogens is 1. The smallest absolute Gasteiger partial charge is 0.255 e. The van der Waals surface area contributed by atoms with Crippen LogP contribution in [0.2, 0.25) is 10.0 Å². The second kappa shape index (κ2) is 8.73. The Morgan fingerprint density at radius 3 is 2.43 bits per heavy atom. The Hall–Kier alpha value is -3.09. The number of nitrogens with one attached hydrogen (secondary N) is 2. The summed E-state index contributed by atoms with van der Waals surface area (Å²) in [6.45, 7) is 0.289. The number of rotatable bonds is 5. The molecule has 0 aliphatic heterocycles. The lowest BCUT2D eigenvalue weighted by Gasteiger charge is -2.09. The van der Waals surface area contributed by atoms with Crippen LogP contribution in [0.15, 0.2) is 60.9 Å². The predicted molar refractivity (Wildman–Crippen MR) is 111 cm³/mol. The fraction of sp³-hybridized carbons (Fsp3) is 0.0500. The number of carbonyl (C=O) groups is 2. The van der Waals surface area contributed by atoms with Crippen LogP contribution < -0.4 is 16.4 Å². The van der Waals surface area contributed by atoms with Gasteiger partial charge in [-0.1, -0.05) is 35.3 Å². The van der Waals surface area contributed by atoms with Gasteiger partial charge in [0, 0.05) is 23.3 Å². The number of pyridine rings is 1. The summed E-state index contributed by atoms with van der Waals surface area (Å²) in [6.07, 6.45) is 3.01. The van der Waals surface area contributed by atoms with Gasteiger partial charge in [0.25, 0.3) is 11.8 Å². The minimum Gasteiger partial charge on any atom is -0.396 e. The molecule has 2 amide bonds. The lowest BCUT2D eigenvalue weighted by Crippen LogP contribution is -2.23. The van der Waals surface area contributed by atoms with E-state index >= 15 is 0 Å². The molecule has 1 heterocycles. The van der Waals surface area contributed by atoms with Crippen molar-refractivity contribution in [3.63, 3.8) is 0 Å². The number of nitrogens with zero attached hydrogens (tertiary/aromatic N) is 1. The SMILES string of the molecule is Nc1cnccc1NC(=O)c1ccc(CNC(=O)c2ccc(Cl)cc2Cl)cc1. The molecule has 0 radical (unpaired) electrons. The zero-order valence-corrected chi connectivity index (χ0v) is 16.1. The molecular weight excluding hydrogens is 399 g/mol. The molecule has 0 aliphatic carbocycles. The average Bonchev–Trinajstić information content (AvgIpc) is 2.68. The maximum Gasteiger partial charge on any atom is 0.255 e. The van der Waals surface area contributed by atoms with Crippen molar-refractivity contribution >= 4 is 46.4 Å². The normalized spacial score (nSPS) is 10.4. The van der Waals surface area contributed by atoms with Crippen molar-refractivity contribution in [3.8, 4) is 0 Å². The molecule has 4 N–H and O–H groups in total. The molecule has 0 saturated heterocycles. The van der Waals surface area contributed by atoms with Gasteiger partial charge in [0.1, 0.15) is 0 Å². The summed E-state index contributed by atoms with van der Waals surface area (Å²) in [6, 6.07) is 13.2. The molecular formula is C20H16Cl2N4O2. The molecule has 0 spiro atoms. The lowest BCUT2D eigenvalue weighted by atomic mass is 10.1. The second-order valence-corrected chi connectivity index (χ2v) is 6.76. The third-order valence-corrected chi connectivity index (χ3v) is 4.49. The summed E-state index contributed by atoms with van der Waals surface area (Å²) in [5, 5.41) is 6.26. The van der Waals surface area contributed by atoms with Crippen molar-refractivity contribution in [2.24, 2.45) is 0 Å². The number of nitrogens with two attached hydrogens (primary N) is 1. The monoisotopic (exact) mass is 414 g/mol. The number of hydrogen-bond donors (Lipinski definition) is 3. The van der Waals surface area contributed by atoms with Crippen LogP contribution in [0.5, 0.6) is 0 Å². The number of halogens is 2. The van der Waals surface area contributed by atoms with Crippen molar-refractivity contribution in [2.45, 2.75) is 6.54 Å². The molecule has 1 aromatic heterocycles. The first-order valence-corrected chi connectivity index (χ1v) is 9.02. The summed E-state index contributed by atoms with van der Waals surface area (Å²) in [5.74, 6) is -0.599. The summed E-state index contributed by atoms with van der Waals surface area (Å²) in [7, 11) is 0. The Morgan fingerprint density at radius 1 is 1.00 bits per heavy atom. The molecule has 142 valence electrons. The summed E-state index contributed by atoms with van der Waals surface area (Å²) in [5.41, 5.74) is 8.29. The fourth-order valence-electron chi connectivity index (χ4n) is 2.44. The molecule has 0 fully saturated rings. The number of carbonyl (C=O) groups excluding carboxylic acids is 2. The van der Waals surface area contributed by atoms with Crippen molar-refractivity contribution < 1.29 is 9.59 Å². The summed E-state index contributed by atoms with van der Waals surface area (Å²) in [4.78, 5) is 28.4. The Bertz CT molecular complexity index is 1020. The van der Waals surface area contributed by atoms with E-state index in [9.17, 15) is 9.59 Å². The van der Waals surface area contributed by atoms with Gasteiger partial charge in [-0.25, -0.2) is 0 Å². The van der Waals surface area contributed by atoms with Crippen LogP contribution in [0, 0.1) is 0 Å². The zero-order valence-electron chi connectivity index (χ0n) is 14.6. The third kappa shape index (κ3) is 4.79. The number of amides is 2. The van der Waals surface area contributed by atoms with E-state index in [-0.39, 0.29) is 23.4 Å². The molecule has 8 heteroatoms. The highest BCUT2D eigenvalue weighted by Crippen LogP contribution is 2.21. The van der Waals surface area contributed by atoms with Crippen LogP contribution >= 0.6 is 23.2 Å². The number of anilines is 2. The van der Waals surface area contributed by atoms with Gasteiger partial charge in [-0.15, -0.1) is 0 Å². The van der Waals surface area contributed by atoms with Crippen LogP contribution in [-0.4, -0.2) is 16.8 Å². The third-order valence-electron chi connectivity index (χ3n) is 3.95. The van der Waals surface area contributed by atoms with Gasteiger partial charge in [0.05, 0.1) is 28.2 Å². The Morgan fingerprint density at radius 2 is 1.75 bits per heavy atom. The van der Waals surface area contributed by atoms with Gasteiger partial charge < -0.3 is 16.4 Å². The van der Waals surface area contributed by atoms with Gasteiger partial charge >= 0.3 is 0 Å². The molecule has 0 atom stereocenters. The predicted octanol–water partition coefficient (Wildman–Crippen LogP) is 4.15. The van der Waals surface area contributed by atoms with Gasteiger partial charge in [0.15, 0.2) is 0 Å². The standard InChI is InChI=1S/C20H16Cl2N4O2/c21-14-5-6-15(16(22)9-14)20(28)25-10-12-1-3-13(4-2-12)19(27)26-18-7-8-24-11-17(18)23/h1-9,11H,10,23H2,(H,25,28)(H,24,26,27). The number of hydrogen-bond acceptors (Lipinski definition) is 4. The summed E-state index contributed by atoms with van der Waals surface area (Å²) >= 11 is 11.9. The van der Waals surface area contributed by atoms with E-state index < -0.39 is 0 Å². The first-order valence-electron chi connectivity index (χ1n) is 8.27. The second-order valence-electron chi connectivity index (χ2n) is 5.92. The Balaban J connectivity index is 1.60. The molecule has 0 saturated carbocycles. The highest BCUT2D eigenvalue weighted by Gasteiger charge is 2.11. The Kier molecular flexibility index (Phi) is 6.13. The largest absolute Gasteiger partial charge is 0.396 e. The molecule has 0 unspecified atom stereocenters. The van der Waals surface area contributed by atoms with Crippen LogP contribution in [-0.2, 0) is 6.54 Å². The molecule has 0 aliphatic rings. The number of nitrogen functional groups attached to an aromatic ring is 1. The van der Waals surface area contributed by atoms with Crippen LogP contribution in [0.3, 0.4) is 0 Å². The molecule has 0 bridgehead atoms. The van der Waals surface area contributed by atoms with Crippen LogP contribution in [0.4, 0.5) is 11.4 Å². The first kappa shape index (κ1) is 19.7. The topological polar surface area (TPSA) is 97.1 Å². The van der Waals surface area contributed by atoms with Crippen LogP contribution in [0.25, 0.3) is 0 Å². The molecule has 2 aromatic carbocycles. The molecule has 6 nitrogen and oxygen atoms in total. The van der Waals surface area contributed by atoms with E-state index in [1.165, 1.54) is 12.3 Å². The average molecular weight is 415 g/mol. The van der Waals surface area contributed by atoms with E-state index in [0.717, 1.165) is 5.56 Å². The lowest BCUT2D eigenvalue weighted by molar-refractivity contribution is 0.0950. The van der Waals surface area contributed by atoms with E-state index in [1.807, 2.05) is 0 Å². The van der Waals surface area contributed by atoms with E-state index in [2.05, 4.69) is 15.6 Å². The molecule has 3 rings (SSSR count). The van der Waals surface area contributed by atoms with Crippen molar-refractivity contribution in [3.05, 3.63) is 87.7 Å². The van der Waals surface area contributed by atoms with Gasteiger partial charge in [-0.2, -0.15) is 0 Å². The van der Waals surface area contributed by atoms with E-state index in [1.54, 1.807) is 48.7 Å². The zero-order chi connectivity index (χ0) is 20.1. The quantitative estimate of drug-likeness (QED) is 0.583. The van der Waals surface area contributed by atoms with Gasteiger partial charge in [0.2, 0.25) is 0 Å². The maximum atomic E-state index is 12.3. The fourth-order valence-corrected chi connectivity index (χ4v) is 2.93. The maximum absolute atomic E-state index is 12.3. The molecule has 3 aromatic rings. The minimum atomic E-state index is -0.309. The Labute approximate surface area is 171 Å². The van der Waals surface area contributed by atoms with E-state index in [0.29, 0.717) is 27.5 Å². The van der Waals surface area contributed by atoms with Crippen molar-refractivity contribution in [1.29, 1.82) is 0 Å². The highest BCUT2D eigenvalue weighted by molar-refractivity contribution is 6.36. The van der Waals surface area contributed by atoms with Gasteiger partial charge in [-0.05, 0) is 42.0 Å². The van der Waals surface area contributed by atoms with Gasteiger partial charge in [-0.3, -0.25) is 14.6 Å². The van der Waals surface area contributed by atoms with Crippen LogP contribution in [0.1, 0.15) is 26.3 Å². The minimum absolute atomic E-state index is 0.285. The van der Waals surface area contributed by atoms with E-state index in [4.69, 9.17) is 28.9 Å². The van der Waals surface area contributed by atoms with Crippen molar-refractivity contribution in [1.82, 2.24) is 10.3 Å². The molecule has 28 heavy (non-hydrogen) atoms. The van der Waals surface area contributed by atoms with Crippen molar-refractivity contribution in [2.75, 3.05) is 11.1 Å².